The van der Waals surface area contributed by atoms with Gasteiger partial charge in [-0.15, -0.1) is 11.3 Å². The SMILES string of the molecule is CSCCC(C)NC(=O)c1sccc1C#CCO. The number of hydrogen-bond donors (Lipinski definition) is 2. The molecule has 1 amide bonds. The second-order valence-electron chi connectivity index (χ2n) is 3.78. The normalized spacial score (nSPS) is 11.5. The fourth-order valence-corrected chi connectivity index (χ4v) is 2.72. The van der Waals surface area contributed by atoms with Crippen LogP contribution in [-0.2, 0) is 0 Å². The molecule has 5 heteroatoms. The second-order valence-corrected chi connectivity index (χ2v) is 5.68. The third-order valence-electron chi connectivity index (χ3n) is 2.31. The van der Waals surface area contributed by atoms with Crippen LogP contribution in [0.2, 0.25) is 0 Å². The van der Waals surface area contributed by atoms with E-state index in [1.807, 2.05) is 12.3 Å². The van der Waals surface area contributed by atoms with E-state index in [2.05, 4.69) is 23.4 Å². The Kier molecular flexibility index (Phi) is 6.88. The van der Waals surface area contributed by atoms with Crippen molar-refractivity contribution in [3.63, 3.8) is 0 Å². The van der Waals surface area contributed by atoms with Gasteiger partial charge in [0.15, 0.2) is 0 Å². The van der Waals surface area contributed by atoms with Gasteiger partial charge in [-0.3, -0.25) is 4.79 Å². The summed E-state index contributed by atoms with van der Waals surface area (Å²) in [4.78, 5) is 12.6. The number of thiophene rings is 1. The lowest BCUT2D eigenvalue weighted by Crippen LogP contribution is -2.32. The van der Waals surface area contributed by atoms with Crippen molar-refractivity contribution in [1.29, 1.82) is 0 Å². The van der Waals surface area contributed by atoms with E-state index >= 15 is 0 Å². The summed E-state index contributed by atoms with van der Waals surface area (Å²) >= 11 is 3.14. The molecule has 0 aliphatic rings. The van der Waals surface area contributed by atoms with Crippen molar-refractivity contribution in [3.05, 3.63) is 21.9 Å². The summed E-state index contributed by atoms with van der Waals surface area (Å²) in [6.07, 6.45) is 3.01. The van der Waals surface area contributed by atoms with Crippen molar-refractivity contribution in [2.45, 2.75) is 19.4 Å². The van der Waals surface area contributed by atoms with E-state index in [4.69, 9.17) is 5.11 Å². The molecule has 1 atom stereocenters. The maximum atomic E-state index is 12.0. The minimum atomic E-state index is -0.193. The molecule has 1 unspecified atom stereocenters. The first-order valence-corrected chi connectivity index (χ1v) is 7.93. The fourth-order valence-electron chi connectivity index (χ4n) is 1.37. The first kappa shape index (κ1) is 15.1. The molecule has 0 radical (unpaired) electrons. The van der Waals surface area contributed by atoms with Gasteiger partial charge in [-0.1, -0.05) is 11.8 Å². The Morgan fingerprint density at radius 2 is 2.44 bits per heavy atom. The lowest BCUT2D eigenvalue weighted by atomic mass is 10.2. The van der Waals surface area contributed by atoms with Gasteiger partial charge in [-0.05, 0) is 36.8 Å². The molecule has 2 N–H and O–H groups in total. The van der Waals surface area contributed by atoms with Crippen LogP contribution in [0.3, 0.4) is 0 Å². The van der Waals surface area contributed by atoms with Crippen LogP contribution in [-0.4, -0.2) is 35.7 Å². The first-order valence-electron chi connectivity index (χ1n) is 5.66. The van der Waals surface area contributed by atoms with Gasteiger partial charge in [0.1, 0.15) is 11.5 Å². The Morgan fingerprint density at radius 1 is 1.67 bits per heavy atom. The molecule has 0 saturated heterocycles. The lowest BCUT2D eigenvalue weighted by Gasteiger charge is -2.12. The van der Waals surface area contributed by atoms with Gasteiger partial charge < -0.3 is 10.4 Å². The molecule has 18 heavy (non-hydrogen) atoms. The predicted molar refractivity (Wildman–Crippen MR) is 78.2 cm³/mol. The van der Waals surface area contributed by atoms with E-state index in [9.17, 15) is 4.79 Å². The molecule has 3 nitrogen and oxygen atoms in total. The molecular weight excluding hydrogens is 266 g/mol. The van der Waals surface area contributed by atoms with Crippen molar-refractivity contribution in [1.82, 2.24) is 5.32 Å². The molecule has 1 aromatic heterocycles. The first-order chi connectivity index (χ1) is 8.69. The smallest absolute Gasteiger partial charge is 0.262 e. The van der Waals surface area contributed by atoms with E-state index in [1.54, 1.807) is 17.8 Å². The monoisotopic (exact) mass is 283 g/mol. The van der Waals surface area contributed by atoms with Gasteiger partial charge in [0.2, 0.25) is 0 Å². The zero-order valence-corrected chi connectivity index (χ0v) is 12.2. The molecule has 98 valence electrons. The second kappa shape index (κ2) is 8.20. The van der Waals surface area contributed by atoms with Crippen LogP contribution >= 0.6 is 23.1 Å². The summed E-state index contributed by atoms with van der Waals surface area (Å²) in [5.41, 5.74) is 0.684. The number of nitrogens with one attached hydrogen (secondary N) is 1. The predicted octanol–water partition coefficient (Wildman–Crippen LogP) is 1.96. The molecular formula is C13H17NO2S2. The van der Waals surface area contributed by atoms with Crippen LogP contribution < -0.4 is 5.32 Å². The van der Waals surface area contributed by atoms with Crippen molar-refractivity contribution in [2.75, 3.05) is 18.6 Å². The maximum Gasteiger partial charge on any atom is 0.262 e. The Hall–Kier alpha value is -0.960. The highest BCUT2D eigenvalue weighted by Crippen LogP contribution is 2.16. The molecule has 0 aromatic carbocycles. The number of rotatable bonds is 5. The third-order valence-corrected chi connectivity index (χ3v) is 3.86. The molecule has 0 aliphatic heterocycles. The topological polar surface area (TPSA) is 49.3 Å². The summed E-state index contributed by atoms with van der Waals surface area (Å²) in [6, 6.07) is 1.96. The standard InChI is InChI=1S/C13H17NO2S2/c1-10(5-8-17-2)14-13(16)12-11(4-3-7-15)6-9-18-12/h6,9-10,15H,5,7-8H2,1-2H3,(H,14,16). The van der Waals surface area contributed by atoms with E-state index < -0.39 is 0 Å². The van der Waals surface area contributed by atoms with E-state index in [-0.39, 0.29) is 18.6 Å². The summed E-state index contributed by atoms with van der Waals surface area (Å²) in [5.74, 6) is 6.30. The summed E-state index contributed by atoms with van der Waals surface area (Å²) in [7, 11) is 0. The average Bonchev–Trinajstić information content (AvgIpc) is 2.82. The van der Waals surface area contributed by atoms with E-state index in [0.717, 1.165) is 12.2 Å². The van der Waals surface area contributed by atoms with Crippen LogP contribution in [0.15, 0.2) is 11.4 Å². The molecule has 1 aromatic rings. The number of hydrogen-bond acceptors (Lipinski definition) is 4. The Labute approximate surface area is 116 Å². The number of carbonyl (C=O) groups excluding carboxylic acids is 1. The van der Waals surface area contributed by atoms with Gasteiger partial charge in [-0.25, -0.2) is 0 Å². The highest BCUT2D eigenvalue weighted by atomic mass is 32.2. The zero-order chi connectivity index (χ0) is 13.4. The fraction of sp³-hybridized carbons (Fsp3) is 0.462. The van der Waals surface area contributed by atoms with Crippen LogP contribution in [0.4, 0.5) is 0 Å². The molecule has 0 spiro atoms. The number of aliphatic hydroxyl groups excluding tert-OH is 1. The van der Waals surface area contributed by atoms with Crippen molar-refractivity contribution >= 4 is 29.0 Å². The Balaban J connectivity index is 2.64. The van der Waals surface area contributed by atoms with Crippen LogP contribution in [0.5, 0.6) is 0 Å². The quantitative estimate of drug-likeness (QED) is 0.812. The lowest BCUT2D eigenvalue weighted by molar-refractivity contribution is 0.0943. The highest BCUT2D eigenvalue weighted by Gasteiger charge is 2.14. The van der Waals surface area contributed by atoms with Crippen molar-refractivity contribution < 1.29 is 9.90 Å². The molecule has 0 bridgehead atoms. The van der Waals surface area contributed by atoms with Gasteiger partial charge in [-0.2, -0.15) is 11.8 Å². The van der Waals surface area contributed by atoms with Gasteiger partial charge in [0.05, 0.1) is 0 Å². The molecule has 1 heterocycles. The number of carbonyl (C=O) groups is 1. The number of amides is 1. The third kappa shape index (κ3) is 4.73. The maximum absolute atomic E-state index is 12.0. The number of aliphatic hydroxyl groups is 1. The molecule has 0 aliphatic carbocycles. The van der Waals surface area contributed by atoms with Crippen LogP contribution in [0, 0.1) is 11.8 Å². The summed E-state index contributed by atoms with van der Waals surface area (Å²) in [6.45, 7) is 1.81. The molecule has 0 saturated carbocycles. The summed E-state index contributed by atoms with van der Waals surface area (Å²) in [5, 5.41) is 13.5. The molecule has 1 rings (SSSR count). The van der Waals surface area contributed by atoms with Crippen molar-refractivity contribution in [3.8, 4) is 11.8 Å². The minimum Gasteiger partial charge on any atom is -0.384 e. The van der Waals surface area contributed by atoms with E-state index in [0.29, 0.717) is 10.4 Å². The Morgan fingerprint density at radius 3 is 3.11 bits per heavy atom. The van der Waals surface area contributed by atoms with Gasteiger partial charge in [0.25, 0.3) is 5.91 Å². The van der Waals surface area contributed by atoms with Crippen molar-refractivity contribution in [2.24, 2.45) is 0 Å². The Bertz CT molecular complexity index is 445. The minimum absolute atomic E-state index is 0.0826. The van der Waals surface area contributed by atoms with E-state index in [1.165, 1.54) is 11.3 Å². The van der Waals surface area contributed by atoms with Crippen LogP contribution in [0.25, 0.3) is 0 Å². The zero-order valence-electron chi connectivity index (χ0n) is 10.5. The number of thioether (sulfide) groups is 1. The molecule has 0 fully saturated rings. The summed E-state index contributed by atoms with van der Waals surface area (Å²) < 4.78 is 0. The average molecular weight is 283 g/mol. The largest absolute Gasteiger partial charge is 0.384 e. The highest BCUT2D eigenvalue weighted by molar-refractivity contribution is 7.98. The van der Waals surface area contributed by atoms with Gasteiger partial charge >= 0.3 is 0 Å². The van der Waals surface area contributed by atoms with Gasteiger partial charge in [0, 0.05) is 11.6 Å². The van der Waals surface area contributed by atoms with Crippen LogP contribution in [0.1, 0.15) is 28.6 Å².